The summed E-state index contributed by atoms with van der Waals surface area (Å²) >= 11 is 0. The van der Waals surface area contributed by atoms with Gasteiger partial charge in [0.15, 0.2) is 5.78 Å². The Kier molecular flexibility index (Phi) is 5.87. The van der Waals surface area contributed by atoms with E-state index in [-0.39, 0.29) is 0 Å². The van der Waals surface area contributed by atoms with Gasteiger partial charge in [-0.2, -0.15) is 0 Å². The molecule has 24 heavy (non-hydrogen) atoms. The molecule has 0 spiro atoms. The largest absolute Gasteiger partial charge is 0.478 e. The Morgan fingerprint density at radius 2 is 1.79 bits per heavy atom. The number of fused-ring (bicyclic) bond motifs is 3. The maximum absolute atomic E-state index is 12.0. The molecule has 0 amide bonds. The van der Waals surface area contributed by atoms with Crippen molar-refractivity contribution in [1.82, 2.24) is 4.90 Å². The van der Waals surface area contributed by atoms with Crippen molar-refractivity contribution in [3.05, 3.63) is 47.5 Å². The third-order valence-electron chi connectivity index (χ3n) is 4.44. The number of carboxylic acids is 2. The fraction of sp³-hybridized carbons (Fsp3) is 0.389. The van der Waals surface area contributed by atoms with Crippen LogP contribution in [0, 0.1) is 5.92 Å². The predicted octanol–water partition coefficient (Wildman–Crippen LogP) is 2.02. The van der Waals surface area contributed by atoms with Crippen LogP contribution in [0.1, 0.15) is 34.7 Å². The highest BCUT2D eigenvalue weighted by molar-refractivity contribution is 5.99. The third-order valence-corrected chi connectivity index (χ3v) is 4.44. The molecule has 0 aromatic heterocycles. The van der Waals surface area contributed by atoms with Gasteiger partial charge in [-0.1, -0.05) is 24.3 Å². The van der Waals surface area contributed by atoms with Crippen LogP contribution in [0.15, 0.2) is 36.4 Å². The molecule has 3 rings (SSSR count). The second-order valence-electron chi connectivity index (χ2n) is 6.14. The number of carboxylic acid groups (broad SMARTS) is 2. The summed E-state index contributed by atoms with van der Waals surface area (Å²) < 4.78 is 0. The minimum Gasteiger partial charge on any atom is -0.478 e. The zero-order chi connectivity index (χ0) is 17.7. The van der Waals surface area contributed by atoms with Crippen LogP contribution in [0.5, 0.6) is 0 Å². The van der Waals surface area contributed by atoms with Crippen molar-refractivity contribution in [2.45, 2.75) is 18.8 Å². The molecule has 2 aliphatic rings. The molecule has 6 heteroatoms. The van der Waals surface area contributed by atoms with Crippen molar-refractivity contribution in [3.63, 3.8) is 0 Å². The molecule has 0 saturated carbocycles. The van der Waals surface area contributed by atoms with Crippen LogP contribution in [0.3, 0.4) is 0 Å². The van der Waals surface area contributed by atoms with Gasteiger partial charge in [0.25, 0.3) is 0 Å². The average Bonchev–Trinajstić information content (AvgIpc) is 2.55. The van der Waals surface area contributed by atoms with Crippen LogP contribution in [-0.2, 0) is 9.59 Å². The fourth-order valence-corrected chi connectivity index (χ4v) is 3.33. The standard InChI is InChI=1S/C14H17NO.C4H4O4/c1-15-7-6-10-8-14(16)12-5-3-2-4-11(12)13(10)9-15;5-3(6)1-2-4(7)8/h2-5,10,13H,6-9H2,1H3;1-2H,(H,5,6)(H,7,8). The summed E-state index contributed by atoms with van der Waals surface area (Å²) in [5.74, 6) is -1.01. The van der Waals surface area contributed by atoms with E-state index in [2.05, 4.69) is 24.1 Å². The SMILES string of the molecule is CN1CCC2CC(=O)c3ccccc3C2C1.O=C(O)C=CC(=O)O. The molecule has 0 radical (unpaired) electrons. The number of aliphatic carboxylic acids is 2. The van der Waals surface area contributed by atoms with Crippen LogP contribution in [0.2, 0.25) is 0 Å². The van der Waals surface area contributed by atoms with Crippen molar-refractivity contribution in [3.8, 4) is 0 Å². The first-order valence-electron chi connectivity index (χ1n) is 7.83. The molecule has 1 heterocycles. The highest BCUT2D eigenvalue weighted by Gasteiger charge is 2.36. The lowest BCUT2D eigenvalue weighted by molar-refractivity contribution is -0.134. The van der Waals surface area contributed by atoms with E-state index in [0.717, 1.165) is 25.1 Å². The summed E-state index contributed by atoms with van der Waals surface area (Å²) in [6.07, 6.45) is 3.04. The van der Waals surface area contributed by atoms with E-state index < -0.39 is 11.9 Å². The molecule has 128 valence electrons. The molecule has 2 N–H and O–H groups in total. The van der Waals surface area contributed by atoms with E-state index in [9.17, 15) is 14.4 Å². The lowest BCUT2D eigenvalue weighted by Gasteiger charge is -2.40. The van der Waals surface area contributed by atoms with Gasteiger partial charge in [0.2, 0.25) is 0 Å². The van der Waals surface area contributed by atoms with Gasteiger partial charge in [0.05, 0.1) is 0 Å². The van der Waals surface area contributed by atoms with E-state index >= 15 is 0 Å². The molecule has 0 bridgehead atoms. The molecule has 1 aliphatic carbocycles. The molecule has 1 aromatic rings. The first kappa shape index (κ1) is 17.9. The summed E-state index contributed by atoms with van der Waals surface area (Å²) in [5.41, 5.74) is 2.26. The van der Waals surface area contributed by atoms with Gasteiger partial charge in [0.1, 0.15) is 0 Å². The molecule has 2 unspecified atom stereocenters. The second kappa shape index (κ2) is 7.88. The Balaban J connectivity index is 0.000000224. The number of hydrogen-bond acceptors (Lipinski definition) is 4. The number of Topliss-reactive ketones (excluding diaryl/α,β-unsaturated/α-hetero) is 1. The Bertz CT molecular complexity index is 651. The number of nitrogens with zero attached hydrogens (tertiary/aromatic N) is 1. The number of carbonyl (C=O) groups is 3. The minimum absolute atomic E-state index is 0.349. The lowest BCUT2D eigenvalue weighted by atomic mass is 9.71. The Labute approximate surface area is 140 Å². The number of likely N-dealkylation sites (tertiary alicyclic amines) is 1. The Morgan fingerprint density at radius 1 is 1.17 bits per heavy atom. The number of carbonyl (C=O) groups excluding carboxylic acids is 1. The quantitative estimate of drug-likeness (QED) is 0.805. The molecule has 1 fully saturated rings. The number of likely N-dealkylation sites (N-methyl/N-ethyl adjacent to an activating group) is 1. The number of ketones is 1. The maximum Gasteiger partial charge on any atom is 0.328 e. The summed E-state index contributed by atoms with van der Waals surface area (Å²) in [7, 11) is 2.18. The highest BCUT2D eigenvalue weighted by atomic mass is 16.4. The van der Waals surface area contributed by atoms with E-state index in [0.29, 0.717) is 29.8 Å². The van der Waals surface area contributed by atoms with E-state index in [4.69, 9.17) is 10.2 Å². The van der Waals surface area contributed by atoms with Crippen LogP contribution in [0.4, 0.5) is 0 Å². The first-order chi connectivity index (χ1) is 11.4. The van der Waals surface area contributed by atoms with Gasteiger partial charge in [-0.05, 0) is 31.5 Å². The normalized spacial score (nSPS) is 23.0. The Morgan fingerprint density at radius 3 is 2.42 bits per heavy atom. The predicted molar refractivity (Wildman–Crippen MR) is 88.1 cm³/mol. The molecule has 1 aliphatic heterocycles. The highest BCUT2D eigenvalue weighted by Crippen LogP contribution is 2.40. The smallest absolute Gasteiger partial charge is 0.328 e. The molecular weight excluding hydrogens is 310 g/mol. The molecular formula is C18H21NO5. The van der Waals surface area contributed by atoms with Gasteiger partial charge in [0, 0.05) is 36.6 Å². The first-order valence-corrected chi connectivity index (χ1v) is 7.83. The average molecular weight is 331 g/mol. The molecule has 6 nitrogen and oxygen atoms in total. The van der Waals surface area contributed by atoms with Crippen molar-refractivity contribution in [2.75, 3.05) is 20.1 Å². The monoisotopic (exact) mass is 331 g/mol. The minimum atomic E-state index is -1.26. The van der Waals surface area contributed by atoms with Crippen molar-refractivity contribution in [1.29, 1.82) is 0 Å². The number of rotatable bonds is 2. The maximum atomic E-state index is 12.0. The summed E-state index contributed by atoms with van der Waals surface area (Å²) in [5, 5.41) is 15.6. The summed E-state index contributed by atoms with van der Waals surface area (Å²) in [6.45, 7) is 2.24. The number of hydrogen-bond donors (Lipinski definition) is 2. The molecule has 1 aromatic carbocycles. The Hall–Kier alpha value is -2.47. The van der Waals surface area contributed by atoms with Crippen molar-refractivity contribution >= 4 is 17.7 Å². The van der Waals surface area contributed by atoms with Gasteiger partial charge >= 0.3 is 11.9 Å². The zero-order valence-corrected chi connectivity index (χ0v) is 13.5. The van der Waals surface area contributed by atoms with E-state index in [1.54, 1.807) is 0 Å². The topological polar surface area (TPSA) is 94.9 Å². The van der Waals surface area contributed by atoms with Crippen molar-refractivity contribution in [2.24, 2.45) is 5.92 Å². The van der Waals surface area contributed by atoms with Gasteiger partial charge in [-0.3, -0.25) is 4.79 Å². The molecule has 2 atom stereocenters. The van der Waals surface area contributed by atoms with Crippen molar-refractivity contribution < 1.29 is 24.6 Å². The number of piperidine rings is 1. The lowest BCUT2D eigenvalue weighted by Crippen LogP contribution is -2.40. The molecule has 1 saturated heterocycles. The van der Waals surface area contributed by atoms with Crippen LogP contribution in [-0.4, -0.2) is 53.0 Å². The van der Waals surface area contributed by atoms with Crippen LogP contribution in [0.25, 0.3) is 0 Å². The summed E-state index contributed by atoms with van der Waals surface area (Å²) in [4.78, 5) is 33.5. The van der Waals surface area contributed by atoms with Gasteiger partial charge in [-0.25, -0.2) is 9.59 Å². The number of benzene rings is 1. The van der Waals surface area contributed by atoms with E-state index in [1.165, 1.54) is 12.0 Å². The van der Waals surface area contributed by atoms with E-state index in [1.807, 2.05) is 12.1 Å². The fourth-order valence-electron chi connectivity index (χ4n) is 3.33. The van der Waals surface area contributed by atoms with Gasteiger partial charge < -0.3 is 15.1 Å². The second-order valence-corrected chi connectivity index (χ2v) is 6.14. The summed E-state index contributed by atoms with van der Waals surface area (Å²) in [6, 6.07) is 8.17. The third kappa shape index (κ3) is 4.52. The van der Waals surface area contributed by atoms with Gasteiger partial charge in [-0.15, -0.1) is 0 Å². The van der Waals surface area contributed by atoms with Crippen LogP contribution < -0.4 is 0 Å². The zero-order valence-electron chi connectivity index (χ0n) is 13.5. The van der Waals surface area contributed by atoms with Crippen LogP contribution >= 0.6 is 0 Å².